The van der Waals surface area contributed by atoms with E-state index < -0.39 is 0 Å². The molecule has 1 amide bonds. The van der Waals surface area contributed by atoms with E-state index in [1.165, 1.54) is 38.5 Å². The maximum absolute atomic E-state index is 11.9. The third-order valence-electron chi connectivity index (χ3n) is 3.85. The Hall–Kier alpha value is -0.570. The average molecular weight is 254 g/mol. The van der Waals surface area contributed by atoms with Gasteiger partial charge >= 0.3 is 0 Å². The Balaban J connectivity index is 1.96. The largest absolute Gasteiger partial charge is 0.340 e. The highest BCUT2D eigenvalue weighted by Gasteiger charge is 2.17. The summed E-state index contributed by atoms with van der Waals surface area (Å²) in [6.45, 7) is 6.15. The van der Waals surface area contributed by atoms with Crippen molar-refractivity contribution in [2.45, 2.75) is 58.3 Å². The number of hydrogen-bond acceptors (Lipinski definition) is 2. The van der Waals surface area contributed by atoms with Crippen molar-refractivity contribution in [2.24, 2.45) is 0 Å². The van der Waals surface area contributed by atoms with Gasteiger partial charge in [0.25, 0.3) is 0 Å². The van der Waals surface area contributed by atoms with E-state index in [0.29, 0.717) is 5.91 Å². The molecule has 1 rings (SSSR count). The zero-order valence-electron chi connectivity index (χ0n) is 12.3. The number of amides is 1. The van der Waals surface area contributed by atoms with Crippen molar-refractivity contribution in [3.8, 4) is 0 Å². The summed E-state index contributed by atoms with van der Waals surface area (Å²) < 4.78 is 0. The third-order valence-corrected chi connectivity index (χ3v) is 3.85. The van der Waals surface area contributed by atoms with Gasteiger partial charge in [0, 0.05) is 32.6 Å². The quantitative estimate of drug-likeness (QED) is 0.622. The molecule has 1 heterocycles. The maximum Gasteiger partial charge on any atom is 0.222 e. The summed E-state index contributed by atoms with van der Waals surface area (Å²) in [5.41, 5.74) is 0. The number of likely N-dealkylation sites (N-methyl/N-ethyl adjacent to an activating group) is 1. The summed E-state index contributed by atoms with van der Waals surface area (Å²) in [5, 5.41) is 0. The third kappa shape index (κ3) is 6.39. The van der Waals surface area contributed by atoms with Crippen LogP contribution in [0.1, 0.15) is 58.3 Å². The van der Waals surface area contributed by atoms with Gasteiger partial charge in [-0.2, -0.15) is 0 Å². The molecule has 0 bridgehead atoms. The van der Waals surface area contributed by atoms with Crippen LogP contribution in [0.15, 0.2) is 0 Å². The van der Waals surface area contributed by atoms with Crippen LogP contribution in [0.4, 0.5) is 0 Å². The molecule has 3 heteroatoms. The fourth-order valence-electron chi connectivity index (χ4n) is 2.45. The highest BCUT2D eigenvalue weighted by atomic mass is 16.2. The average Bonchev–Trinajstić information content (AvgIpc) is 2.38. The lowest BCUT2D eigenvalue weighted by Crippen LogP contribution is -2.47. The van der Waals surface area contributed by atoms with Crippen LogP contribution in [0.5, 0.6) is 0 Å². The van der Waals surface area contributed by atoms with Gasteiger partial charge in [-0.1, -0.05) is 45.4 Å². The Morgan fingerprint density at radius 3 is 2.06 bits per heavy atom. The topological polar surface area (TPSA) is 23.6 Å². The smallest absolute Gasteiger partial charge is 0.222 e. The molecular weight excluding hydrogens is 224 g/mol. The van der Waals surface area contributed by atoms with E-state index in [0.717, 1.165) is 39.0 Å². The van der Waals surface area contributed by atoms with E-state index in [4.69, 9.17) is 0 Å². The molecule has 106 valence electrons. The molecule has 1 aliphatic rings. The first-order valence-electron chi connectivity index (χ1n) is 7.70. The second-order valence-electron chi connectivity index (χ2n) is 5.56. The minimum Gasteiger partial charge on any atom is -0.340 e. The first kappa shape index (κ1) is 15.5. The predicted molar refractivity (Wildman–Crippen MR) is 76.7 cm³/mol. The van der Waals surface area contributed by atoms with Crippen LogP contribution < -0.4 is 0 Å². The Labute approximate surface area is 113 Å². The van der Waals surface area contributed by atoms with E-state index in [2.05, 4.69) is 18.9 Å². The van der Waals surface area contributed by atoms with Gasteiger partial charge in [0.05, 0.1) is 0 Å². The number of hydrogen-bond donors (Lipinski definition) is 0. The van der Waals surface area contributed by atoms with E-state index >= 15 is 0 Å². The molecule has 1 aliphatic heterocycles. The molecule has 0 saturated carbocycles. The standard InChI is InChI=1S/C15H30N2O/c1-3-4-5-6-7-8-9-10-15(18)17-13-11-16(2)12-14-17/h3-14H2,1-2H3. The lowest BCUT2D eigenvalue weighted by molar-refractivity contribution is -0.132. The van der Waals surface area contributed by atoms with Crippen molar-refractivity contribution in [1.29, 1.82) is 0 Å². The normalized spacial score (nSPS) is 17.1. The van der Waals surface area contributed by atoms with Crippen molar-refractivity contribution in [1.82, 2.24) is 9.80 Å². The lowest BCUT2D eigenvalue weighted by atomic mass is 10.1. The molecule has 1 fully saturated rings. The molecule has 18 heavy (non-hydrogen) atoms. The van der Waals surface area contributed by atoms with E-state index in [1.54, 1.807) is 0 Å². The number of carbonyl (C=O) groups is 1. The fourth-order valence-corrected chi connectivity index (χ4v) is 2.45. The zero-order valence-corrected chi connectivity index (χ0v) is 12.3. The fraction of sp³-hybridized carbons (Fsp3) is 0.933. The molecular formula is C15H30N2O. The summed E-state index contributed by atoms with van der Waals surface area (Å²) >= 11 is 0. The summed E-state index contributed by atoms with van der Waals surface area (Å²) in [4.78, 5) is 16.3. The molecule has 0 aromatic heterocycles. The molecule has 0 atom stereocenters. The molecule has 1 saturated heterocycles. The molecule has 0 aliphatic carbocycles. The zero-order chi connectivity index (χ0) is 13.2. The molecule has 0 unspecified atom stereocenters. The monoisotopic (exact) mass is 254 g/mol. The number of nitrogens with zero attached hydrogens (tertiary/aromatic N) is 2. The number of unbranched alkanes of at least 4 members (excludes halogenated alkanes) is 6. The lowest BCUT2D eigenvalue weighted by Gasteiger charge is -2.32. The number of carbonyl (C=O) groups excluding carboxylic acids is 1. The summed E-state index contributed by atoms with van der Waals surface area (Å²) in [6, 6.07) is 0. The van der Waals surface area contributed by atoms with Gasteiger partial charge in [0.15, 0.2) is 0 Å². The van der Waals surface area contributed by atoms with Crippen molar-refractivity contribution in [3.63, 3.8) is 0 Å². The molecule has 0 aromatic rings. The molecule has 0 spiro atoms. The highest BCUT2D eigenvalue weighted by Crippen LogP contribution is 2.10. The molecule has 0 aromatic carbocycles. The van der Waals surface area contributed by atoms with Gasteiger partial charge in [-0.15, -0.1) is 0 Å². The number of rotatable bonds is 8. The molecule has 0 radical (unpaired) electrons. The summed E-state index contributed by atoms with van der Waals surface area (Å²) in [7, 11) is 2.12. The van der Waals surface area contributed by atoms with Gasteiger partial charge < -0.3 is 9.80 Å². The SMILES string of the molecule is CCCCCCCCCC(=O)N1CCN(C)CC1. The minimum atomic E-state index is 0.372. The summed E-state index contributed by atoms with van der Waals surface area (Å²) in [6.07, 6.45) is 9.75. The first-order valence-corrected chi connectivity index (χ1v) is 7.70. The Morgan fingerprint density at radius 1 is 0.889 bits per heavy atom. The van der Waals surface area contributed by atoms with E-state index in [-0.39, 0.29) is 0 Å². The van der Waals surface area contributed by atoms with Crippen LogP contribution in [-0.4, -0.2) is 48.9 Å². The molecule has 3 nitrogen and oxygen atoms in total. The van der Waals surface area contributed by atoms with Crippen LogP contribution in [0.25, 0.3) is 0 Å². The van der Waals surface area contributed by atoms with Crippen LogP contribution in [0, 0.1) is 0 Å². The second-order valence-corrected chi connectivity index (χ2v) is 5.56. The molecule has 0 N–H and O–H groups in total. The van der Waals surface area contributed by atoms with Gasteiger partial charge in [0.1, 0.15) is 0 Å². The summed E-state index contributed by atoms with van der Waals surface area (Å²) in [5.74, 6) is 0.372. The minimum absolute atomic E-state index is 0.372. The van der Waals surface area contributed by atoms with Gasteiger partial charge in [0.2, 0.25) is 5.91 Å². The van der Waals surface area contributed by atoms with Crippen molar-refractivity contribution < 1.29 is 4.79 Å². The predicted octanol–water partition coefficient (Wildman–Crippen LogP) is 2.90. The van der Waals surface area contributed by atoms with Crippen LogP contribution in [-0.2, 0) is 4.79 Å². The Bertz CT molecular complexity index is 223. The second kappa shape index (κ2) is 9.37. The van der Waals surface area contributed by atoms with Gasteiger partial charge in [-0.05, 0) is 13.5 Å². The first-order chi connectivity index (χ1) is 8.74. The van der Waals surface area contributed by atoms with E-state index in [1.807, 2.05) is 4.90 Å². The van der Waals surface area contributed by atoms with Crippen molar-refractivity contribution in [3.05, 3.63) is 0 Å². The maximum atomic E-state index is 11.9. The van der Waals surface area contributed by atoms with Crippen LogP contribution >= 0.6 is 0 Å². The van der Waals surface area contributed by atoms with Gasteiger partial charge in [-0.25, -0.2) is 0 Å². The Morgan fingerprint density at radius 2 is 1.44 bits per heavy atom. The van der Waals surface area contributed by atoms with Crippen molar-refractivity contribution >= 4 is 5.91 Å². The number of piperazine rings is 1. The van der Waals surface area contributed by atoms with Crippen molar-refractivity contribution in [2.75, 3.05) is 33.2 Å². The van der Waals surface area contributed by atoms with Crippen LogP contribution in [0.3, 0.4) is 0 Å². The Kier molecular flexibility index (Phi) is 8.06. The van der Waals surface area contributed by atoms with Gasteiger partial charge in [-0.3, -0.25) is 4.79 Å². The highest BCUT2D eigenvalue weighted by molar-refractivity contribution is 5.76. The van der Waals surface area contributed by atoms with E-state index in [9.17, 15) is 4.79 Å². The van der Waals surface area contributed by atoms with Crippen LogP contribution in [0.2, 0.25) is 0 Å².